The minimum Gasteiger partial charge on any atom is -0.276 e. The maximum Gasteiger partial charge on any atom is 0.230 e. The third-order valence-corrected chi connectivity index (χ3v) is 5.55. The first kappa shape index (κ1) is 13.6. The molecule has 2 aromatic heterocycles. The molecule has 1 aliphatic heterocycles. The smallest absolute Gasteiger partial charge is 0.230 e. The van der Waals surface area contributed by atoms with Crippen molar-refractivity contribution in [2.75, 3.05) is 0 Å². The Bertz CT molecular complexity index is 865. The van der Waals surface area contributed by atoms with Crippen LogP contribution in [0.5, 0.6) is 0 Å². The van der Waals surface area contributed by atoms with Gasteiger partial charge in [-0.15, -0.1) is 22.7 Å². The van der Waals surface area contributed by atoms with E-state index in [1.807, 2.05) is 17.5 Å². The summed E-state index contributed by atoms with van der Waals surface area (Å²) in [6.07, 6.45) is 0.651. The van der Waals surface area contributed by atoms with E-state index in [4.69, 9.17) is 0 Å². The number of amides is 2. The molecule has 4 nitrogen and oxygen atoms in total. The lowest BCUT2D eigenvalue weighted by molar-refractivity contribution is -0.139. The molecule has 0 radical (unpaired) electrons. The molecule has 0 bridgehead atoms. The molecule has 1 fully saturated rings. The Kier molecular flexibility index (Phi) is 3.28. The molecule has 1 saturated heterocycles. The predicted octanol–water partition coefficient (Wildman–Crippen LogP) is 3.67. The van der Waals surface area contributed by atoms with Crippen molar-refractivity contribution in [1.82, 2.24) is 9.88 Å². The Hall–Kier alpha value is -2.05. The summed E-state index contributed by atoms with van der Waals surface area (Å²) in [5, 5.41) is 6.09. The number of aromatic nitrogens is 1. The highest BCUT2D eigenvalue weighted by Crippen LogP contribution is 2.34. The van der Waals surface area contributed by atoms with Crippen LogP contribution in [-0.2, 0) is 16.1 Å². The van der Waals surface area contributed by atoms with Crippen LogP contribution in [0, 0.1) is 0 Å². The zero-order valence-electron chi connectivity index (χ0n) is 11.6. The van der Waals surface area contributed by atoms with Crippen molar-refractivity contribution >= 4 is 44.6 Å². The van der Waals surface area contributed by atoms with Crippen LogP contribution in [-0.4, -0.2) is 21.7 Å². The molecule has 110 valence electrons. The number of thiazole rings is 1. The fraction of sp³-hybridized carbons (Fsp3) is 0.188. The van der Waals surface area contributed by atoms with E-state index in [-0.39, 0.29) is 11.8 Å². The molecule has 0 saturated carbocycles. The fourth-order valence-electron chi connectivity index (χ4n) is 2.62. The lowest BCUT2D eigenvalue weighted by Gasteiger charge is -2.10. The van der Waals surface area contributed by atoms with Crippen LogP contribution in [0.1, 0.15) is 17.8 Å². The molecule has 0 aliphatic carbocycles. The number of likely N-dealkylation sites (tertiary alicyclic amines) is 1. The highest BCUT2D eigenvalue weighted by Gasteiger charge is 2.29. The number of hydrogen-bond acceptors (Lipinski definition) is 5. The van der Waals surface area contributed by atoms with Gasteiger partial charge in [0.1, 0.15) is 5.01 Å². The molecule has 2 amide bonds. The Morgan fingerprint density at radius 3 is 2.64 bits per heavy atom. The van der Waals surface area contributed by atoms with Gasteiger partial charge >= 0.3 is 0 Å². The number of imide groups is 1. The van der Waals surface area contributed by atoms with E-state index >= 15 is 0 Å². The second-order valence-corrected chi connectivity index (χ2v) is 7.00. The van der Waals surface area contributed by atoms with Crippen molar-refractivity contribution in [2.45, 2.75) is 19.4 Å². The van der Waals surface area contributed by atoms with E-state index in [9.17, 15) is 9.59 Å². The number of rotatable bonds is 3. The third kappa shape index (κ3) is 2.24. The zero-order chi connectivity index (χ0) is 15.1. The molecule has 4 rings (SSSR count). The summed E-state index contributed by atoms with van der Waals surface area (Å²) in [4.78, 5) is 29.3. The van der Waals surface area contributed by atoms with Gasteiger partial charge in [0.2, 0.25) is 11.8 Å². The summed E-state index contributed by atoms with van der Waals surface area (Å²) in [7, 11) is 0. The SMILES string of the molecule is O=C1CCC(=O)N1Cc1nc(-c2csc3ccccc23)cs1. The van der Waals surface area contributed by atoms with Crippen molar-refractivity contribution in [2.24, 2.45) is 0 Å². The zero-order valence-corrected chi connectivity index (χ0v) is 13.2. The summed E-state index contributed by atoms with van der Waals surface area (Å²) >= 11 is 3.19. The largest absolute Gasteiger partial charge is 0.276 e. The van der Waals surface area contributed by atoms with Gasteiger partial charge in [0.25, 0.3) is 0 Å². The van der Waals surface area contributed by atoms with Crippen molar-refractivity contribution < 1.29 is 9.59 Å². The first-order valence-corrected chi connectivity index (χ1v) is 8.72. The average molecular weight is 328 g/mol. The number of fused-ring (bicyclic) bond motifs is 1. The lowest BCUT2D eigenvalue weighted by atomic mass is 10.1. The van der Waals surface area contributed by atoms with Crippen LogP contribution in [0.4, 0.5) is 0 Å². The van der Waals surface area contributed by atoms with Gasteiger partial charge in [-0.25, -0.2) is 4.98 Å². The average Bonchev–Trinajstić information content (AvgIpc) is 3.22. The monoisotopic (exact) mass is 328 g/mol. The number of carbonyl (C=O) groups excluding carboxylic acids is 2. The first-order chi connectivity index (χ1) is 10.7. The number of hydrogen-bond donors (Lipinski definition) is 0. The van der Waals surface area contributed by atoms with Gasteiger partial charge in [-0.2, -0.15) is 0 Å². The summed E-state index contributed by atoms with van der Waals surface area (Å²) < 4.78 is 1.23. The highest BCUT2D eigenvalue weighted by atomic mass is 32.1. The summed E-state index contributed by atoms with van der Waals surface area (Å²) in [5.41, 5.74) is 2.03. The van der Waals surface area contributed by atoms with Gasteiger partial charge in [0.05, 0.1) is 12.2 Å². The second kappa shape index (κ2) is 5.30. The third-order valence-electron chi connectivity index (χ3n) is 3.76. The van der Waals surface area contributed by atoms with E-state index in [1.165, 1.54) is 26.3 Å². The molecular formula is C16H12N2O2S2. The van der Waals surface area contributed by atoms with Gasteiger partial charge in [-0.05, 0) is 6.07 Å². The van der Waals surface area contributed by atoms with Crippen molar-refractivity contribution in [1.29, 1.82) is 0 Å². The molecule has 6 heteroatoms. The van der Waals surface area contributed by atoms with Crippen molar-refractivity contribution in [3.05, 3.63) is 40.0 Å². The normalized spacial score (nSPS) is 15.2. The van der Waals surface area contributed by atoms with E-state index in [0.717, 1.165) is 16.3 Å². The molecule has 0 N–H and O–H groups in total. The molecule has 3 aromatic rings. The molecule has 3 heterocycles. The first-order valence-electron chi connectivity index (χ1n) is 6.96. The molecular weight excluding hydrogens is 316 g/mol. The van der Waals surface area contributed by atoms with E-state index in [0.29, 0.717) is 19.4 Å². The Balaban J connectivity index is 1.64. The van der Waals surface area contributed by atoms with Crippen LogP contribution in [0.25, 0.3) is 21.3 Å². The maximum atomic E-state index is 11.7. The Morgan fingerprint density at radius 1 is 1.05 bits per heavy atom. The van der Waals surface area contributed by atoms with E-state index in [2.05, 4.69) is 22.5 Å². The topological polar surface area (TPSA) is 50.3 Å². The van der Waals surface area contributed by atoms with Gasteiger partial charge in [0.15, 0.2) is 0 Å². The minimum atomic E-state index is -0.0947. The Labute approximate surface area is 135 Å². The molecule has 0 spiro atoms. The van der Waals surface area contributed by atoms with Crippen LogP contribution < -0.4 is 0 Å². The van der Waals surface area contributed by atoms with Crippen LogP contribution in [0.15, 0.2) is 35.0 Å². The highest BCUT2D eigenvalue weighted by molar-refractivity contribution is 7.17. The number of carbonyl (C=O) groups is 2. The summed E-state index contributed by atoms with van der Waals surface area (Å²) in [6.45, 7) is 0.296. The summed E-state index contributed by atoms with van der Waals surface area (Å²) in [6, 6.07) is 8.24. The van der Waals surface area contributed by atoms with Crippen LogP contribution in [0.2, 0.25) is 0 Å². The van der Waals surface area contributed by atoms with Crippen molar-refractivity contribution in [3.8, 4) is 11.3 Å². The number of nitrogens with zero attached hydrogens (tertiary/aromatic N) is 2. The van der Waals surface area contributed by atoms with E-state index in [1.54, 1.807) is 11.3 Å². The predicted molar refractivity (Wildman–Crippen MR) is 87.7 cm³/mol. The van der Waals surface area contributed by atoms with Crippen molar-refractivity contribution in [3.63, 3.8) is 0 Å². The fourth-order valence-corrected chi connectivity index (χ4v) is 4.35. The molecule has 22 heavy (non-hydrogen) atoms. The minimum absolute atomic E-state index is 0.0947. The van der Waals surface area contributed by atoms with E-state index < -0.39 is 0 Å². The maximum absolute atomic E-state index is 11.7. The van der Waals surface area contributed by atoms with Gasteiger partial charge in [-0.3, -0.25) is 14.5 Å². The van der Waals surface area contributed by atoms with Gasteiger partial charge in [-0.1, -0.05) is 18.2 Å². The van der Waals surface area contributed by atoms with Gasteiger partial charge in [0, 0.05) is 39.3 Å². The molecule has 0 unspecified atom stereocenters. The quantitative estimate of drug-likeness (QED) is 0.689. The molecule has 0 atom stereocenters. The molecule has 1 aliphatic rings. The van der Waals surface area contributed by atoms with Crippen LogP contribution >= 0.6 is 22.7 Å². The Morgan fingerprint density at radius 2 is 1.82 bits per heavy atom. The van der Waals surface area contributed by atoms with Crippen LogP contribution in [0.3, 0.4) is 0 Å². The standard InChI is InChI=1S/C16H12N2O2S2/c19-15-5-6-16(20)18(15)7-14-17-12(9-22-14)11-8-21-13-4-2-1-3-10(11)13/h1-4,8-9H,5-7H2. The molecule has 1 aromatic carbocycles. The number of benzene rings is 1. The van der Waals surface area contributed by atoms with Gasteiger partial charge < -0.3 is 0 Å². The second-order valence-electron chi connectivity index (χ2n) is 5.15. The number of thiophene rings is 1. The summed E-state index contributed by atoms with van der Waals surface area (Å²) in [5.74, 6) is -0.189. The lowest BCUT2D eigenvalue weighted by Crippen LogP contribution is -2.28.